The van der Waals surface area contributed by atoms with E-state index in [-0.39, 0.29) is 5.91 Å². The van der Waals surface area contributed by atoms with E-state index in [1.807, 2.05) is 19.0 Å². The molecule has 1 aromatic rings. The molecule has 0 aliphatic carbocycles. The van der Waals surface area contributed by atoms with Crippen molar-refractivity contribution in [1.82, 2.24) is 9.80 Å². The van der Waals surface area contributed by atoms with Crippen molar-refractivity contribution in [1.29, 1.82) is 0 Å². The van der Waals surface area contributed by atoms with Crippen molar-refractivity contribution in [3.05, 3.63) is 23.8 Å². The van der Waals surface area contributed by atoms with E-state index in [0.717, 1.165) is 13.1 Å². The predicted octanol–water partition coefficient (Wildman–Crippen LogP) is 0.663. The lowest BCUT2D eigenvalue weighted by Crippen LogP contribution is -2.59. The van der Waals surface area contributed by atoms with Crippen molar-refractivity contribution in [3.8, 4) is 5.75 Å². The third-order valence-electron chi connectivity index (χ3n) is 3.34. The van der Waals surface area contributed by atoms with Gasteiger partial charge in [0.25, 0.3) is 5.91 Å². The van der Waals surface area contributed by atoms with Crippen molar-refractivity contribution in [2.24, 2.45) is 0 Å². The molecule has 0 saturated carbocycles. The van der Waals surface area contributed by atoms with Crippen LogP contribution in [0.3, 0.4) is 0 Å². The zero-order valence-electron chi connectivity index (χ0n) is 11.0. The number of carbonyl (C=O) groups excluding carboxylic acids is 1. The zero-order chi connectivity index (χ0) is 13.3. The van der Waals surface area contributed by atoms with E-state index in [4.69, 9.17) is 10.5 Å². The molecule has 2 rings (SSSR count). The summed E-state index contributed by atoms with van der Waals surface area (Å²) in [5.41, 5.74) is 6.84. The maximum atomic E-state index is 12.3. The number of likely N-dealkylation sites (N-methyl/N-ethyl adjacent to an activating group) is 1. The van der Waals surface area contributed by atoms with Gasteiger partial charge in [0.2, 0.25) is 0 Å². The van der Waals surface area contributed by atoms with Gasteiger partial charge >= 0.3 is 0 Å². The molecule has 1 aromatic carbocycles. The monoisotopic (exact) mass is 249 g/mol. The Morgan fingerprint density at radius 1 is 1.44 bits per heavy atom. The molecule has 1 aliphatic rings. The van der Waals surface area contributed by atoms with Crippen LogP contribution in [0.2, 0.25) is 0 Å². The standard InChI is InChI=1S/C13H19N3O2/c1-15(2)10-7-16(8-10)13(17)11-5-4-9(14)6-12(11)18-3/h4-6,10H,7-8,14H2,1-3H3. The second kappa shape index (κ2) is 4.86. The quantitative estimate of drug-likeness (QED) is 0.800. The highest BCUT2D eigenvalue weighted by atomic mass is 16.5. The summed E-state index contributed by atoms with van der Waals surface area (Å²) in [6, 6.07) is 5.57. The molecule has 2 N–H and O–H groups in total. The first-order valence-corrected chi connectivity index (χ1v) is 5.92. The smallest absolute Gasteiger partial charge is 0.257 e. The Hall–Kier alpha value is -1.75. The van der Waals surface area contributed by atoms with Gasteiger partial charge in [-0.3, -0.25) is 4.79 Å². The number of nitrogen functional groups attached to an aromatic ring is 1. The molecule has 0 spiro atoms. The highest BCUT2D eigenvalue weighted by molar-refractivity contribution is 5.98. The Balaban J connectivity index is 2.11. The number of carbonyl (C=O) groups is 1. The number of nitrogens with two attached hydrogens (primary N) is 1. The molecular weight excluding hydrogens is 230 g/mol. The largest absolute Gasteiger partial charge is 0.496 e. The van der Waals surface area contributed by atoms with Crippen LogP contribution in [-0.2, 0) is 0 Å². The fourth-order valence-electron chi connectivity index (χ4n) is 2.00. The van der Waals surface area contributed by atoms with Crippen LogP contribution in [0.25, 0.3) is 0 Å². The molecule has 1 aliphatic heterocycles. The van der Waals surface area contributed by atoms with Crippen LogP contribution < -0.4 is 10.5 Å². The fraction of sp³-hybridized carbons (Fsp3) is 0.462. The van der Waals surface area contributed by atoms with E-state index < -0.39 is 0 Å². The maximum Gasteiger partial charge on any atom is 0.257 e. The fourth-order valence-corrected chi connectivity index (χ4v) is 2.00. The minimum absolute atomic E-state index is 0.00458. The molecule has 1 amide bonds. The average Bonchev–Trinajstić information content (AvgIpc) is 2.25. The number of amides is 1. The molecule has 98 valence electrons. The molecule has 0 bridgehead atoms. The van der Waals surface area contributed by atoms with Crippen LogP contribution in [0.4, 0.5) is 5.69 Å². The van der Waals surface area contributed by atoms with Gasteiger partial charge in [0.05, 0.1) is 12.7 Å². The summed E-state index contributed by atoms with van der Waals surface area (Å²) < 4.78 is 5.20. The summed E-state index contributed by atoms with van der Waals surface area (Å²) in [6.45, 7) is 1.53. The van der Waals surface area contributed by atoms with Crippen molar-refractivity contribution in [2.45, 2.75) is 6.04 Å². The van der Waals surface area contributed by atoms with E-state index in [0.29, 0.717) is 23.0 Å². The molecule has 1 fully saturated rings. The highest BCUT2D eigenvalue weighted by Crippen LogP contribution is 2.25. The normalized spacial score (nSPS) is 15.7. The van der Waals surface area contributed by atoms with Gasteiger partial charge in [-0.1, -0.05) is 0 Å². The molecule has 0 atom stereocenters. The van der Waals surface area contributed by atoms with Crippen LogP contribution in [0.5, 0.6) is 5.75 Å². The first-order valence-electron chi connectivity index (χ1n) is 5.92. The van der Waals surface area contributed by atoms with Gasteiger partial charge in [0, 0.05) is 30.9 Å². The topological polar surface area (TPSA) is 58.8 Å². The molecule has 0 aromatic heterocycles. The number of ether oxygens (including phenoxy) is 1. The number of nitrogens with zero attached hydrogens (tertiary/aromatic N) is 2. The SMILES string of the molecule is COc1cc(N)ccc1C(=O)N1CC(N(C)C)C1. The number of anilines is 1. The summed E-state index contributed by atoms with van der Waals surface area (Å²) in [7, 11) is 5.59. The summed E-state index contributed by atoms with van der Waals surface area (Å²) in [5.74, 6) is 0.540. The lowest BCUT2D eigenvalue weighted by Gasteiger charge is -2.42. The average molecular weight is 249 g/mol. The second-order valence-electron chi connectivity index (χ2n) is 4.79. The summed E-state index contributed by atoms with van der Waals surface area (Å²) in [4.78, 5) is 16.2. The molecule has 0 unspecified atom stereocenters. The Kier molecular flexibility index (Phi) is 3.43. The van der Waals surface area contributed by atoms with Crippen molar-refractivity contribution < 1.29 is 9.53 Å². The van der Waals surface area contributed by atoms with E-state index in [9.17, 15) is 4.79 Å². The van der Waals surface area contributed by atoms with Gasteiger partial charge in [0.15, 0.2) is 0 Å². The van der Waals surface area contributed by atoms with Crippen LogP contribution in [0.1, 0.15) is 10.4 Å². The molecule has 5 heteroatoms. The Bertz CT molecular complexity index is 454. The first-order chi connectivity index (χ1) is 8.52. The predicted molar refractivity (Wildman–Crippen MR) is 70.8 cm³/mol. The number of methoxy groups -OCH3 is 1. The van der Waals surface area contributed by atoms with Crippen molar-refractivity contribution in [2.75, 3.05) is 40.0 Å². The van der Waals surface area contributed by atoms with Crippen LogP contribution in [0.15, 0.2) is 18.2 Å². The molecule has 5 nitrogen and oxygen atoms in total. The summed E-state index contributed by atoms with van der Waals surface area (Å²) >= 11 is 0. The van der Waals surface area contributed by atoms with E-state index in [1.165, 1.54) is 0 Å². The third-order valence-corrected chi connectivity index (χ3v) is 3.34. The molecule has 1 heterocycles. The molecule has 0 radical (unpaired) electrons. The minimum Gasteiger partial charge on any atom is -0.496 e. The number of benzene rings is 1. The van der Waals surface area contributed by atoms with Gasteiger partial charge in [-0.15, -0.1) is 0 Å². The molecular formula is C13H19N3O2. The second-order valence-corrected chi connectivity index (χ2v) is 4.79. The highest BCUT2D eigenvalue weighted by Gasteiger charge is 2.33. The van der Waals surface area contributed by atoms with E-state index in [1.54, 1.807) is 25.3 Å². The Morgan fingerprint density at radius 2 is 2.11 bits per heavy atom. The number of rotatable bonds is 3. The number of hydrogen-bond acceptors (Lipinski definition) is 4. The van der Waals surface area contributed by atoms with Crippen LogP contribution in [-0.4, -0.2) is 56.0 Å². The number of likely N-dealkylation sites (tertiary alicyclic amines) is 1. The lowest BCUT2D eigenvalue weighted by molar-refractivity contribution is 0.0396. The van der Waals surface area contributed by atoms with E-state index >= 15 is 0 Å². The van der Waals surface area contributed by atoms with Crippen LogP contribution in [0, 0.1) is 0 Å². The summed E-state index contributed by atoms with van der Waals surface area (Å²) in [5, 5.41) is 0. The lowest BCUT2D eigenvalue weighted by atomic mass is 10.0. The van der Waals surface area contributed by atoms with Crippen molar-refractivity contribution in [3.63, 3.8) is 0 Å². The summed E-state index contributed by atoms with van der Waals surface area (Å²) in [6.07, 6.45) is 0. The van der Waals surface area contributed by atoms with Gasteiger partial charge in [-0.2, -0.15) is 0 Å². The zero-order valence-corrected chi connectivity index (χ0v) is 11.0. The molecule has 1 saturated heterocycles. The third kappa shape index (κ3) is 2.26. The van der Waals surface area contributed by atoms with Crippen LogP contribution >= 0.6 is 0 Å². The van der Waals surface area contributed by atoms with Gasteiger partial charge in [0.1, 0.15) is 5.75 Å². The van der Waals surface area contributed by atoms with E-state index in [2.05, 4.69) is 4.90 Å². The Morgan fingerprint density at radius 3 is 2.67 bits per heavy atom. The first kappa shape index (κ1) is 12.7. The number of hydrogen-bond donors (Lipinski definition) is 1. The minimum atomic E-state index is 0.00458. The van der Waals surface area contributed by atoms with Gasteiger partial charge in [-0.05, 0) is 26.2 Å². The van der Waals surface area contributed by atoms with Gasteiger partial charge in [-0.25, -0.2) is 0 Å². The Labute approximate surface area is 107 Å². The molecule has 18 heavy (non-hydrogen) atoms. The maximum absolute atomic E-state index is 12.3. The van der Waals surface area contributed by atoms with Gasteiger partial charge < -0.3 is 20.3 Å². The van der Waals surface area contributed by atoms with Crippen molar-refractivity contribution >= 4 is 11.6 Å².